The minimum atomic E-state index is -0.141. The molecule has 3 aromatic rings. The van der Waals surface area contributed by atoms with Gasteiger partial charge in [-0.3, -0.25) is 9.79 Å². The lowest BCUT2D eigenvalue weighted by Gasteiger charge is -2.18. The molecule has 2 aliphatic rings. The summed E-state index contributed by atoms with van der Waals surface area (Å²) in [5.74, 6) is 0.544. The van der Waals surface area contributed by atoms with Crippen molar-refractivity contribution in [3.05, 3.63) is 64.3 Å². The number of anilines is 1. The Morgan fingerprint density at radius 2 is 1.94 bits per heavy atom. The predicted molar refractivity (Wildman–Crippen MR) is 124 cm³/mol. The number of thiazole rings is 1. The van der Waals surface area contributed by atoms with Crippen LogP contribution in [0.4, 0.5) is 5.69 Å². The number of hydrogen-bond acceptors (Lipinski definition) is 5. The van der Waals surface area contributed by atoms with E-state index in [1.807, 2.05) is 59.4 Å². The van der Waals surface area contributed by atoms with Crippen molar-refractivity contribution in [3.63, 3.8) is 0 Å². The van der Waals surface area contributed by atoms with Gasteiger partial charge in [-0.2, -0.15) is 5.10 Å². The standard InChI is InChI=1S/C24H24N4O2S/c29-23-15-30-22-12-11-18(13-20(22)27-23)21-16-31-24(26-19-9-5-2-6-10-19)28(21)25-14-17-7-3-1-4-8-17/h1,3-4,7-8,11-14,16,19H,2,5-6,9-10,15H2,(H,27,29). The van der Waals surface area contributed by atoms with Crippen molar-refractivity contribution in [2.45, 2.75) is 38.1 Å². The van der Waals surface area contributed by atoms with E-state index in [0.717, 1.165) is 34.5 Å². The fraction of sp³-hybridized carbons (Fsp3) is 0.292. The molecule has 158 valence electrons. The van der Waals surface area contributed by atoms with Crippen molar-refractivity contribution < 1.29 is 9.53 Å². The van der Waals surface area contributed by atoms with Gasteiger partial charge < -0.3 is 10.1 Å². The molecule has 1 aromatic heterocycles. The molecule has 1 N–H and O–H groups in total. The summed E-state index contributed by atoms with van der Waals surface area (Å²) in [4.78, 5) is 17.7. The lowest BCUT2D eigenvalue weighted by atomic mass is 9.96. The molecule has 7 heteroatoms. The molecule has 1 amide bonds. The van der Waals surface area contributed by atoms with Gasteiger partial charge in [-0.15, -0.1) is 11.3 Å². The van der Waals surface area contributed by atoms with Crippen LogP contribution in [0.25, 0.3) is 11.3 Å². The van der Waals surface area contributed by atoms with Crippen LogP contribution < -0.4 is 14.9 Å². The van der Waals surface area contributed by atoms with Crippen molar-refractivity contribution >= 4 is 29.1 Å². The average Bonchev–Trinajstić information content (AvgIpc) is 3.21. The first-order chi connectivity index (χ1) is 15.3. The summed E-state index contributed by atoms with van der Waals surface area (Å²) in [5, 5.41) is 9.76. The molecule has 31 heavy (non-hydrogen) atoms. The van der Waals surface area contributed by atoms with E-state index in [-0.39, 0.29) is 12.5 Å². The third-order valence-electron chi connectivity index (χ3n) is 5.58. The Hall–Kier alpha value is -3.19. The van der Waals surface area contributed by atoms with E-state index in [9.17, 15) is 4.79 Å². The molecule has 0 spiro atoms. The number of fused-ring (bicyclic) bond motifs is 1. The van der Waals surface area contributed by atoms with Crippen LogP contribution in [0.2, 0.25) is 0 Å². The number of aromatic nitrogens is 1. The molecule has 1 fully saturated rings. The molecule has 2 heterocycles. The maximum absolute atomic E-state index is 11.7. The van der Waals surface area contributed by atoms with Crippen molar-refractivity contribution in [1.29, 1.82) is 0 Å². The third-order valence-corrected chi connectivity index (χ3v) is 6.41. The van der Waals surface area contributed by atoms with Crippen LogP contribution in [-0.4, -0.2) is 29.4 Å². The van der Waals surface area contributed by atoms with E-state index < -0.39 is 0 Å². The Bertz CT molecular complexity index is 1170. The summed E-state index contributed by atoms with van der Waals surface area (Å²) in [5.41, 5.74) is 3.61. The maximum Gasteiger partial charge on any atom is 0.262 e. The van der Waals surface area contributed by atoms with Crippen molar-refractivity contribution in [2.24, 2.45) is 10.1 Å². The fourth-order valence-corrected chi connectivity index (χ4v) is 4.88. The summed E-state index contributed by atoms with van der Waals surface area (Å²) < 4.78 is 7.42. The quantitative estimate of drug-likeness (QED) is 0.609. The lowest BCUT2D eigenvalue weighted by molar-refractivity contribution is -0.118. The molecule has 1 aliphatic heterocycles. The first-order valence-corrected chi connectivity index (χ1v) is 11.5. The van der Waals surface area contributed by atoms with Crippen LogP contribution in [0.15, 0.2) is 64.0 Å². The number of rotatable bonds is 4. The van der Waals surface area contributed by atoms with Gasteiger partial charge in [-0.1, -0.05) is 49.6 Å². The van der Waals surface area contributed by atoms with E-state index in [1.54, 1.807) is 11.3 Å². The second-order valence-corrected chi connectivity index (χ2v) is 8.68. The molecule has 0 radical (unpaired) electrons. The van der Waals surface area contributed by atoms with Crippen molar-refractivity contribution in [1.82, 2.24) is 4.68 Å². The van der Waals surface area contributed by atoms with Gasteiger partial charge in [0, 0.05) is 10.9 Å². The lowest BCUT2D eigenvalue weighted by Crippen LogP contribution is -2.25. The van der Waals surface area contributed by atoms with E-state index in [4.69, 9.17) is 14.8 Å². The van der Waals surface area contributed by atoms with Gasteiger partial charge in [0.15, 0.2) is 6.61 Å². The van der Waals surface area contributed by atoms with Gasteiger partial charge in [-0.05, 0) is 36.6 Å². The molecular formula is C24H24N4O2S. The average molecular weight is 433 g/mol. The zero-order valence-corrected chi connectivity index (χ0v) is 18.0. The Balaban J connectivity index is 1.57. The SMILES string of the molecule is O=C1COc2ccc(-c3csc(=NC4CCCCC4)n3N=Cc3ccccc3)cc2N1. The van der Waals surface area contributed by atoms with Gasteiger partial charge in [0.2, 0.25) is 4.80 Å². The van der Waals surface area contributed by atoms with Crippen LogP contribution in [0.5, 0.6) is 5.75 Å². The molecule has 0 bridgehead atoms. The molecule has 0 saturated heterocycles. The van der Waals surface area contributed by atoms with Crippen LogP contribution in [0.3, 0.4) is 0 Å². The molecule has 0 unspecified atom stereocenters. The molecule has 1 aliphatic carbocycles. The van der Waals surface area contributed by atoms with Crippen LogP contribution in [-0.2, 0) is 4.79 Å². The molecule has 5 rings (SSSR count). The minimum absolute atomic E-state index is 0.0522. The van der Waals surface area contributed by atoms with Gasteiger partial charge in [0.1, 0.15) is 5.75 Å². The number of carbonyl (C=O) groups excluding carboxylic acids is 1. The van der Waals surface area contributed by atoms with Gasteiger partial charge in [0.05, 0.1) is 23.6 Å². The van der Waals surface area contributed by atoms with Crippen LogP contribution in [0.1, 0.15) is 37.7 Å². The first kappa shape index (κ1) is 19.8. The number of nitrogens with zero attached hydrogens (tertiary/aromatic N) is 3. The molecule has 6 nitrogen and oxygen atoms in total. The van der Waals surface area contributed by atoms with Crippen LogP contribution >= 0.6 is 11.3 Å². The number of carbonyl (C=O) groups is 1. The monoisotopic (exact) mass is 432 g/mol. The molecule has 2 aromatic carbocycles. The highest BCUT2D eigenvalue weighted by Crippen LogP contribution is 2.33. The summed E-state index contributed by atoms with van der Waals surface area (Å²) >= 11 is 1.60. The summed E-state index contributed by atoms with van der Waals surface area (Å²) in [6.07, 6.45) is 7.92. The first-order valence-electron chi connectivity index (χ1n) is 10.7. The van der Waals surface area contributed by atoms with E-state index in [0.29, 0.717) is 17.5 Å². The largest absolute Gasteiger partial charge is 0.482 e. The minimum Gasteiger partial charge on any atom is -0.482 e. The number of amides is 1. The molecule has 1 saturated carbocycles. The Kier molecular flexibility index (Phi) is 5.67. The van der Waals surface area contributed by atoms with Crippen LogP contribution in [0, 0.1) is 0 Å². The topological polar surface area (TPSA) is 68.0 Å². The van der Waals surface area contributed by atoms with E-state index in [2.05, 4.69) is 10.7 Å². The Labute approximate surface area is 184 Å². The van der Waals surface area contributed by atoms with Gasteiger partial charge in [0.25, 0.3) is 5.91 Å². The number of benzene rings is 2. The Morgan fingerprint density at radius 1 is 1.10 bits per heavy atom. The second kappa shape index (κ2) is 8.89. The second-order valence-electron chi connectivity index (χ2n) is 7.84. The normalized spacial score (nSPS) is 17.4. The molecule has 0 atom stereocenters. The van der Waals surface area contributed by atoms with Gasteiger partial charge >= 0.3 is 0 Å². The third kappa shape index (κ3) is 4.46. The van der Waals surface area contributed by atoms with E-state index in [1.165, 1.54) is 19.3 Å². The number of hydrogen-bond donors (Lipinski definition) is 1. The zero-order valence-electron chi connectivity index (χ0n) is 17.2. The van der Waals surface area contributed by atoms with Gasteiger partial charge in [-0.25, -0.2) is 4.68 Å². The zero-order chi connectivity index (χ0) is 21.0. The summed E-state index contributed by atoms with van der Waals surface area (Å²) in [6.45, 7) is 0.0522. The van der Waals surface area contributed by atoms with Crippen molar-refractivity contribution in [2.75, 3.05) is 11.9 Å². The van der Waals surface area contributed by atoms with Crippen molar-refractivity contribution in [3.8, 4) is 17.0 Å². The predicted octanol–water partition coefficient (Wildman–Crippen LogP) is 4.66. The highest BCUT2D eigenvalue weighted by atomic mass is 32.1. The maximum atomic E-state index is 11.7. The highest BCUT2D eigenvalue weighted by Gasteiger charge is 2.18. The number of ether oxygens (including phenoxy) is 1. The fourth-order valence-electron chi connectivity index (χ4n) is 3.97. The highest BCUT2D eigenvalue weighted by molar-refractivity contribution is 7.07. The summed E-state index contributed by atoms with van der Waals surface area (Å²) in [7, 11) is 0. The summed E-state index contributed by atoms with van der Waals surface area (Å²) in [6, 6.07) is 16.2. The Morgan fingerprint density at radius 3 is 2.77 bits per heavy atom. The van der Waals surface area contributed by atoms with E-state index >= 15 is 0 Å². The molecular weight excluding hydrogens is 408 g/mol. The smallest absolute Gasteiger partial charge is 0.262 e. The number of nitrogens with one attached hydrogen (secondary N) is 1.